The van der Waals surface area contributed by atoms with Gasteiger partial charge in [0.25, 0.3) is 0 Å². The van der Waals surface area contributed by atoms with Crippen molar-refractivity contribution in [1.29, 1.82) is 0 Å². The Kier molecular flexibility index (Phi) is 5.60. The van der Waals surface area contributed by atoms with Crippen LogP contribution in [0.15, 0.2) is 0 Å². The van der Waals surface area contributed by atoms with Gasteiger partial charge in [0.15, 0.2) is 0 Å². The first kappa shape index (κ1) is 15.4. The summed E-state index contributed by atoms with van der Waals surface area (Å²) < 4.78 is 0. The minimum absolute atomic E-state index is 0.146. The lowest BCUT2D eigenvalue weighted by molar-refractivity contribution is -0.127. The monoisotopic (exact) mass is 255 g/mol. The van der Waals surface area contributed by atoms with Crippen molar-refractivity contribution in [2.24, 2.45) is 5.92 Å². The van der Waals surface area contributed by atoms with Gasteiger partial charge in [-0.2, -0.15) is 0 Å². The molecule has 1 saturated carbocycles. The van der Waals surface area contributed by atoms with Crippen molar-refractivity contribution < 1.29 is 4.79 Å². The van der Waals surface area contributed by atoms with Gasteiger partial charge in [0, 0.05) is 26.2 Å². The van der Waals surface area contributed by atoms with E-state index in [0.717, 1.165) is 12.5 Å². The van der Waals surface area contributed by atoms with Crippen molar-refractivity contribution in [1.82, 2.24) is 15.1 Å². The normalized spacial score (nSPS) is 28.4. The van der Waals surface area contributed by atoms with E-state index in [1.807, 2.05) is 0 Å². The van der Waals surface area contributed by atoms with E-state index in [0.29, 0.717) is 6.54 Å². The number of likely N-dealkylation sites (N-methyl/N-ethyl adjacent to an activating group) is 2. The summed E-state index contributed by atoms with van der Waals surface area (Å²) in [5, 5.41) is 3.35. The molecule has 0 bridgehead atoms. The summed E-state index contributed by atoms with van der Waals surface area (Å²) >= 11 is 0. The zero-order valence-corrected chi connectivity index (χ0v) is 12.6. The first-order valence-electron chi connectivity index (χ1n) is 6.96. The summed E-state index contributed by atoms with van der Waals surface area (Å²) in [4.78, 5) is 15.6. The van der Waals surface area contributed by atoms with Gasteiger partial charge in [-0.05, 0) is 32.9 Å². The van der Waals surface area contributed by atoms with Crippen LogP contribution >= 0.6 is 0 Å². The molecule has 106 valence electrons. The van der Waals surface area contributed by atoms with Crippen LogP contribution in [-0.4, -0.2) is 62.5 Å². The average molecular weight is 255 g/mol. The largest absolute Gasteiger partial charge is 0.348 e. The molecule has 4 nitrogen and oxygen atoms in total. The van der Waals surface area contributed by atoms with Crippen molar-refractivity contribution >= 4 is 5.91 Å². The number of amides is 1. The van der Waals surface area contributed by atoms with Gasteiger partial charge in [-0.1, -0.05) is 19.8 Å². The number of nitrogens with zero attached hydrogens (tertiary/aromatic N) is 2. The number of nitrogens with one attached hydrogen (secondary N) is 1. The summed E-state index contributed by atoms with van der Waals surface area (Å²) in [6.45, 7) is 3.68. The van der Waals surface area contributed by atoms with E-state index in [1.54, 1.807) is 19.0 Å². The predicted molar refractivity (Wildman–Crippen MR) is 75.6 cm³/mol. The van der Waals surface area contributed by atoms with E-state index in [4.69, 9.17) is 0 Å². The van der Waals surface area contributed by atoms with Crippen LogP contribution in [0.1, 0.15) is 32.6 Å². The maximum absolute atomic E-state index is 11.6. The lowest BCUT2D eigenvalue weighted by Gasteiger charge is -2.45. The molecule has 2 atom stereocenters. The summed E-state index contributed by atoms with van der Waals surface area (Å²) in [6, 6.07) is 0. The summed E-state index contributed by atoms with van der Waals surface area (Å²) in [5.41, 5.74) is 0.226. The molecular formula is C14H29N3O. The molecule has 4 heteroatoms. The standard InChI is InChI=1S/C14H29N3O/c1-12-7-6-8-14(9-12,17(4)5)11-15-10-13(18)16(2)3/h12,15H,6-11H2,1-5H3. The molecular weight excluding hydrogens is 226 g/mol. The summed E-state index contributed by atoms with van der Waals surface area (Å²) in [5.74, 6) is 0.931. The molecule has 1 aliphatic carbocycles. The van der Waals surface area contributed by atoms with E-state index in [9.17, 15) is 4.79 Å². The van der Waals surface area contributed by atoms with E-state index < -0.39 is 0 Å². The Morgan fingerprint density at radius 3 is 2.50 bits per heavy atom. The van der Waals surface area contributed by atoms with Crippen LogP contribution in [0.5, 0.6) is 0 Å². The minimum atomic E-state index is 0.146. The second-order valence-corrected chi connectivity index (χ2v) is 6.21. The van der Waals surface area contributed by atoms with Crippen LogP contribution in [0.2, 0.25) is 0 Å². The topological polar surface area (TPSA) is 35.6 Å². The summed E-state index contributed by atoms with van der Waals surface area (Å²) in [7, 11) is 7.92. The molecule has 0 saturated heterocycles. The Labute approximate surface area is 112 Å². The van der Waals surface area contributed by atoms with E-state index in [2.05, 4.69) is 31.2 Å². The Morgan fingerprint density at radius 1 is 1.33 bits per heavy atom. The average Bonchev–Trinajstić information content (AvgIpc) is 2.28. The van der Waals surface area contributed by atoms with Crippen LogP contribution in [0, 0.1) is 5.92 Å². The fraction of sp³-hybridized carbons (Fsp3) is 0.929. The molecule has 0 aromatic rings. The Hall–Kier alpha value is -0.610. The highest BCUT2D eigenvalue weighted by Crippen LogP contribution is 2.35. The molecule has 0 heterocycles. The zero-order chi connectivity index (χ0) is 13.8. The molecule has 0 aliphatic heterocycles. The first-order valence-corrected chi connectivity index (χ1v) is 6.96. The van der Waals surface area contributed by atoms with Crippen LogP contribution in [0.3, 0.4) is 0 Å². The van der Waals surface area contributed by atoms with Crippen LogP contribution < -0.4 is 5.32 Å². The highest BCUT2D eigenvalue weighted by molar-refractivity contribution is 5.77. The second kappa shape index (κ2) is 6.53. The van der Waals surface area contributed by atoms with Gasteiger partial charge in [-0.25, -0.2) is 0 Å². The second-order valence-electron chi connectivity index (χ2n) is 6.21. The molecule has 0 radical (unpaired) electrons. The van der Waals surface area contributed by atoms with Crippen molar-refractivity contribution in [2.75, 3.05) is 41.3 Å². The predicted octanol–water partition coefficient (Wildman–Crippen LogP) is 1.17. The van der Waals surface area contributed by atoms with Crippen molar-refractivity contribution in [3.63, 3.8) is 0 Å². The minimum Gasteiger partial charge on any atom is -0.348 e. The fourth-order valence-corrected chi connectivity index (χ4v) is 2.92. The van der Waals surface area contributed by atoms with E-state index >= 15 is 0 Å². The van der Waals surface area contributed by atoms with Gasteiger partial charge >= 0.3 is 0 Å². The van der Waals surface area contributed by atoms with Gasteiger partial charge in [0.2, 0.25) is 5.91 Å². The smallest absolute Gasteiger partial charge is 0.236 e. The third-order valence-electron chi connectivity index (χ3n) is 4.25. The number of rotatable bonds is 5. The molecule has 0 spiro atoms. The molecule has 1 aliphatic rings. The van der Waals surface area contributed by atoms with Crippen LogP contribution in [-0.2, 0) is 4.79 Å². The highest BCUT2D eigenvalue weighted by Gasteiger charge is 2.36. The van der Waals surface area contributed by atoms with Crippen LogP contribution in [0.4, 0.5) is 0 Å². The van der Waals surface area contributed by atoms with Gasteiger partial charge in [0.1, 0.15) is 0 Å². The van der Waals surface area contributed by atoms with Gasteiger partial charge in [0.05, 0.1) is 6.54 Å². The maximum atomic E-state index is 11.6. The quantitative estimate of drug-likeness (QED) is 0.801. The van der Waals surface area contributed by atoms with Crippen molar-refractivity contribution in [3.05, 3.63) is 0 Å². The molecule has 1 rings (SSSR count). The van der Waals surface area contributed by atoms with Gasteiger partial charge < -0.3 is 15.1 Å². The molecule has 0 aromatic carbocycles. The molecule has 18 heavy (non-hydrogen) atoms. The fourth-order valence-electron chi connectivity index (χ4n) is 2.92. The number of hydrogen-bond donors (Lipinski definition) is 1. The number of hydrogen-bond acceptors (Lipinski definition) is 3. The Bertz CT molecular complexity index is 278. The summed E-state index contributed by atoms with van der Waals surface area (Å²) in [6.07, 6.45) is 5.09. The molecule has 0 aromatic heterocycles. The first-order chi connectivity index (χ1) is 8.37. The zero-order valence-electron chi connectivity index (χ0n) is 12.6. The lowest BCUT2D eigenvalue weighted by Crippen LogP contribution is -2.55. The molecule has 1 fully saturated rings. The third-order valence-corrected chi connectivity index (χ3v) is 4.25. The number of carbonyl (C=O) groups excluding carboxylic acids is 1. The number of carbonyl (C=O) groups is 1. The highest BCUT2D eigenvalue weighted by atomic mass is 16.2. The van der Waals surface area contributed by atoms with E-state index in [1.165, 1.54) is 25.7 Å². The third kappa shape index (κ3) is 3.95. The van der Waals surface area contributed by atoms with Crippen molar-refractivity contribution in [3.8, 4) is 0 Å². The maximum Gasteiger partial charge on any atom is 0.236 e. The van der Waals surface area contributed by atoms with E-state index in [-0.39, 0.29) is 11.4 Å². The van der Waals surface area contributed by atoms with Gasteiger partial charge in [-0.15, -0.1) is 0 Å². The molecule has 1 amide bonds. The lowest BCUT2D eigenvalue weighted by atomic mass is 9.75. The molecule has 2 unspecified atom stereocenters. The van der Waals surface area contributed by atoms with Crippen LogP contribution in [0.25, 0.3) is 0 Å². The Balaban J connectivity index is 2.50. The van der Waals surface area contributed by atoms with Crippen molar-refractivity contribution in [2.45, 2.75) is 38.1 Å². The SMILES string of the molecule is CC1CCCC(CNCC(=O)N(C)C)(N(C)C)C1. The molecule has 1 N–H and O–H groups in total. The Morgan fingerprint density at radius 2 is 2.00 bits per heavy atom. The van der Waals surface area contributed by atoms with Gasteiger partial charge in [-0.3, -0.25) is 4.79 Å².